The van der Waals surface area contributed by atoms with Crippen LogP contribution in [0.2, 0.25) is 0 Å². The second-order valence-electron chi connectivity index (χ2n) is 7.53. The smallest absolute Gasteiger partial charge is 0.258 e. The summed E-state index contributed by atoms with van der Waals surface area (Å²) in [5.41, 5.74) is 1.07. The Balaban J connectivity index is 0.000000211. The first-order valence-corrected chi connectivity index (χ1v) is 11.7. The van der Waals surface area contributed by atoms with Gasteiger partial charge in [0.1, 0.15) is 11.5 Å². The topological polar surface area (TPSA) is 102 Å². The number of pyridine rings is 2. The Morgan fingerprint density at radius 1 is 0.658 bits per heavy atom. The van der Waals surface area contributed by atoms with E-state index in [1.165, 1.54) is 24.5 Å². The number of hydrogen-bond acceptors (Lipinski definition) is 6. The van der Waals surface area contributed by atoms with Crippen LogP contribution in [-0.4, -0.2) is 35.0 Å². The third kappa shape index (κ3) is 8.09. The molecule has 0 aliphatic rings. The largest absolute Gasteiger partial charge is 0.494 e. The summed E-state index contributed by atoms with van der Waals surface area (Å²) in [4.78, 5) is 30.9. The number of rotatable bonds is 8. The van der Waals surface area contributed by atoms with Gasteiger partial charge in [-0.2, -0.15) is 0 Å². The van der Waals surface area contributed by atoms with Crippen molar-refractivity contribution in [2.45, 2.75) is 13.8 Å². The maximum Gasteiger partial charge on any atom is 0.258 e. The molecule has 0 unspecified atom stereocenters. The Morgan fingerprint density at radius 3 is 1.34 bits per heavy atom. The number of carbonyl (C=O) groups excluding carboxylic acids is 2. The maximum absolute atomic E-state index is 13.4. The molecule has 0 atom stereocenters. The summed E-state index contributed by atoms with van der Waals surface area (Å²) in [6, 6.07) is 16.4. The van der Waals surface area contributed by atoms with Gasteiger partial charge in [0.2, 0.25) is 0 Å². The Kier molecular flexibility index (Phi) is 10.2. The average Bonchev–Trinajstić information content (AvgIpc) is 2.92. The number of nitrogens with zero attached hydrogens (tertiary/aromatic N) is 2. The number of halogens is 2. The zero-order chi connectivity index (χ0) is 27.3. The molecular weight excluding hydrogens is 494 g/mol. The molecule has 38 heavy (non-hydrogen) atoms. The van der Waals surface area contributed by atoms with Crippen LogP contribution in [0.5, 0.6) is 11.5 Å². The van der Waals surface area contributed by atoms with E-state index in [0.717, 1.165) is 23.9 Å². The van der Waals surface area contributed by atoms with Crippen molar-refractivity contribution in [1.29, 1.82) is 0 Å². The summed E-state index contributed by atoms with van der Waals surface area (Å²) in [7, 11) is 0. The number of amides is 2. The minimum absolute atomic E-state index is 0.0381. The van der Waals surface area contributed by atoms with E-state index < -0.39 is 23.4 Å². The van der Waals surface area contributed by atoms with Crippen LogP contribution >= 0.6 is 0 Å². The van der Waals surface area contributed by atoms with Crippen molar-refractivity contribution in [2.24, 2.45) is 0 Å². The van der Waals surface area contributed by atoms with E-state index in [4.69, 9.17) is 9.47 Å². The van der Waals surface area contributed by atoms with E-state index in [9.17, 15) is 18.4 Å². The molecule has 2 aromatic carbocycles. The van der Waals surface area contributed by atoms with Gasteiger partial charge in [0.15, 0.2) is 11.6 Å². The number of aromatic nitrogens is 2. The van der Waals surface area contributed by atoms with Crippen LogP contribution in [0, 0.1) is 11.6 Å². The fourth-order valence-corrected chi connectivity index (χ4v) is 3.12. The summed E-state index contributed by atoms with van der Waals surface area (Å²) in [6.07, 6.45) is 4.76. The molecule has 0 saturated carbocycles. The molecule has 0 fully saturated rings. The van der Waals surface area contributed by atoms with Crippen molar-refractivity contribution in [2.75, 3.05) is 23.8 Å². The summed E-state index contributed by atoms with van der Waals surface area (Å²) in [5.74, 6) is -0.879. The molecule has 2 aromatic heterocycles. The fourth-order valence-electron chi connectivity index (χ4n) is 3.12. The highest BCUT2D eigenvalue weighted by Crippen LogP contribution is 2.18. The van der Waals surface area contributed by atoms with E-state index in [1.807, 2.05) is 13.8 Å². The van der Waals surface area contributed by atoms with Crippen molar-refractivity contribution in [3.8, 4) is 11.5 Å². The molecule has 4 aromatic rings. The molecule has 2 heterocycles. The standard InChI is InChI=1S/2C14H13FN2O2/c2*1-2-19-11-5-3-10(4-6-11)17-14(18)12-7-8-16-9-13(12)15/h2*3-9H,2H2,1H3,(H,17,18). The van der Waals surface area contributed by atoms with Gasteiger partial charge in [-0.1, -0.05) is 0 Å². The number of carbonyl (C=O) groups is 2. The highest BCUT2D eigenvalue weighted by Gasteiger charge is 2.12. The highest BCUT2D eigenvalue weighted by atomic mass is 19.1. The molecule has 196 valence electrons. The van der Waals surface area contributed by atoms with Crippen molar-refractivity contribution < 1.29 is 27.8 Å². The quantitative estimate of drug-likeness (QED) is 0.307. The molecule has 0 aliphatic heterocycles. The Bertz CT molecular complexity index is 1240. The van der Waals surface area contributed by atoms with Gasteiger partial charge in [-0.3, -0.25) is 19.6 Å². The minimum Gasteiger partial charge on any atom is -0.494 e. The predicted molar refractivity (Wildman–Crippen MR) is 140 cm³/mol. The lowest BCUT2D eigenvalue weighted by Crippen LogP contribution is -2.13. The van der Waals surface area contributed by atoms with Gasteiger partial charge in [0, 0.05) is 23.8 Å². The SMILES string of the molecule is CCOc1ccc(NC(=O)c2ccncc2F)cc1.CCOc1ccc(NC(=O)c2ccncc2F)cc1. The van der Waals surface area contributed by atoms with Crippen molar-refractivity contribution >= 4 is 23.2 Å². The van der Waals surface area contributed by atoms with Gasteiger partial charge in [-0.15, -0.1) is 0 Å². The molecule has 0 aliphatic carbocycles. The molecule has 4 rings (SSSR count). The normalized spacial score (nSPS) is 10.0. The summed E-state index contributed by atoms with van der Waals surface area (Å²) >= 11 is 0. The molecule has 0 saturated heterocycles. The summed E-state index contributed by atoms with van der Waals surface area (Å²) < 4.78 is 37.3. The van der Waals surface area contributed by atoms with Gasteiger partial charge in [-0.05, 0) is 74.5 Å². The molecular formula is C28H26F2N4O4. The highest BCUT2D eigenvalue weighted by molar-refractivity contribution is 6.05. The van der Waals surface area contributed by atoms with Gasteiger partial charge in [-0.25, -0.2) is 8.78 Å². The van der Waals surface area contributed by atoms with Crippen LogP contribution in [0.25, 0.3) is 0 Å². The van der Waals surface area contributed by atoms with Gasteiger partial charge >= 0.3 is 0 Å². The number of benzene rings is 2. The summed E-state index contributed by atoms with van der Waals surface area (Å²) in [5, 5.41) is 5.21. The second kappa shape index (κ2) is 14.0. The first-order chi connectivity index (χ1) is 18.4. The predicted octanol–water partition coefficient (Wildman–Crippen LogP) is 5.74. The third-order valence-electron chi connectivity index (χ3n) is 4.88. The van der Waals surface area contributed by atoms with Gasteiger partial charge < -0.3 is 20.1 Å². The maximum atomic E-state index is 13.4. The Morgan fingerprint density at radius 2 is 1.03 bits per heavy atom. The van der Waals surface area contributed by atoms with E-state index in [2.05, 4.69) is 20.6 Å². The summed E-state index contributed by atoms with van der Waals surface area (Å²) in [6.45, 7) is 4.94. The number of nitrogens with one attached hydrogen (secondary N) is 2. The van der Waals surface area contributed by atoms with Crippen molar-refractivity contribution in [1.82, 2.24) is 9.97 Å². The fraction of sp³-hybridized carbons (Fsp3) is 0.143. The molecule has 8 nitrogen and oxygen atoms in total. The minimum atomic E-state index is -0.647. The molecule has 0 spiro atoms. The van der Waals surface area contributed by atoms with Crippen molar-refractivity contribution in [3.05, 3.63) is 108 Å². The zero-order valence-electron chi connectivity index (χ0n) is 20.8. The van der Waals surface area contributed by atoms with Crippen LogP contribution in [0.4, 0.5) is 20.2 Å². The third-order valence-corrected chi connectivity index (χ3v) is 4.88. The lowest BCUT2D eigenvalue weighted by molar-refractivity contribution is 0.101. The molecule has 0 radical (unpaired) electrons. The van der Waals surface area contributed by atoms with E-state index in [-0.39, 0.29) is 11.1 Å². The zero-order valence-corrected chi connectivity index (χ0v) is 20.8. The first-order valence-electron chi connectivity index (χ1n) is 11.7. The number of ether oxygens (including phenoxy) is 2. The molecule has 2 amide bonds. The Labute approximate surface area is 218 Å². The van der Waals surface area contributed by atoms with Crippen LogP contribution in [0.15, 0.2) is 85.5 Å². The van der Waals surface area contributed by atoms with Crippen LogP contribution < -0.4 is 20.1 Å². The average molecular weight is 521 g/mol. The van der Waals surface area contributed by atoms with E-state index in [0.29, 0.717) is 24.6 Å². The van der Waals surface area contributed by atoms with Gasteiger partial charge in [0.25, 0.3) is 11.8 Å². The van der Waals surface area contributed by atoms with Gasteiger partial charge in [0.05, 0.1) is 36.7 Å². The van der Waals surface area contributed by atoms with Crippen LogP contribution in [0.1, 0.15) is 34.6 Å². The Hall–Kier alpha value is -4.86. The first kappa shape index (κ1) is 27.7. The van der Waals surface area contributed by atoms with E-state index in [1.54, 1.807) is 48.5 Å². The molecule has 0 bridgehead atoms. The number of hydrogen-bond donors (Lipinski definition) is 2. The van der Waals surface area contributed by atoms with Crippen LogP contribution in [-0.2, 0) is 0 Å². The monoisotopic (exact) mass is 520 g/mol. The molecule has 10 heteroatoms. The number of anilines is 2. The lowest BCUT2D eigenvalue weighted by Gasteiger charge is -2.07. The second-order valence-corrected chi connectivity index (χ2v) is 7.53. The van der Waals surface area contributed by atoms with Crippen molar-refractivity contribution in [3.63, 3.8) is 0 Å². The lowest BCUT2D eigenvalue weighted by atomic mass is 10.2. The van der Waals surface area contributed by atoms with Crippen LogP contribution in [0.3, 0.4) is 0 Å². The van der Waals surface area contributed by atoms with E-state index >= 15 is 0 Å². The molecule has 2 N–H and O–H groups in total.